The second-order valence-corrected chi connectivity index (χ2v) is 12.2. The standard InChI is InChI=1S/C46H31NO/c1-3-11-32(12-4-1)34-19-23-38(24-20-34)47(40-27-28-43-42-17-9-10-18-45(42)48-46(43)31-40)39-25-21-35(22-26-39)44-30-37(33-13-5-2-6-14-33)29-36-15-7-8-16-41(36)44/h1-31H. The quantitative estimate of drug-likeness (QED) is 0.185. The van der Waals surface area contributed by atoms with E-state index in [1.54, 1.807) is 0 Å². The SMILES string of the molecule is c1ccc(-c2ccc(N(c3ccc(-c4cc(-c5ccccc5)cc5ccccc45)cc3)c3ccc4c(c3)oc3ccccc34)cc2)cc1. The van der Waals surface area contributed by atoms with E-state index in [1.165, 1.54) is 44.2 Å². The molecule has 2 nitrogen and oxygen atoms in total. The molecule has 48 heavy (non-hydrogen) atoms. The summed E-state index contributed by atoms with van der Waals surface area (Å²) < 4.78 is 6.33. The lowest BCUT2D eigenvalue weighted by Gasteiger charge is -2.26. The highest BCUT2D eigenvalue weighted by Gasteiger charge is 2.17. The van der Waals surface area contributed by atoms with Crippen LogP contribution in [0, 0.1) is 0 Å². The maximum atomic E-state index is 6.33. The predicted octanol–water partition coefficient (Wildman–Crippen LogP) is 13.2. The van der Waals surface area contributed by atoms with Gasteiger partial charge in [0.05, 0.1) is 0 Å². The molecule has 0 N–H and O–H groups in total. The van der Waals surface area contributed by atoms with Crippen molar-refractivity contribution in [2.75, 3.05) is 4.90 Å². The van der Waals surface area contributed by atoms with Gasteiger partial charge in [-0.25, -0.2) is 0 Å². The van der Waals surface area contributed by atoms with Gasteiger partial charge in [0.1, 0.15) is 11.2 Å². The molecular weight excluding hydrogens is 583 g/mol. The molecule has 0 radical (unpaired) electrons. The van der Waals surface area contributed by atoms with Crippen molar-refractivity contribution >= 4 is 49.8 Å². The molecule has 9 aromatic rings. The first-order valence-electron chi connectivity index (χ1n) is 16.3. The Hall–Kier alpha value is -6.38. The highest BCUT2D eigenvalue weighted by atomic mass is 16.3. The smallest absolute Gasteiger partial charge is 0.137 e. The maximum absolute atomic E-state index is 6.33. The summed E-state index contributed by atoms with van der Waals surface area (Å²) in [6.45, 7) is 0. The first kappa shape index (κ1) is 27.9. The molecule has 8 aromatic carbocycles. The molecule has 2 heteroatoms. The molecule has 0 unspecified atom stereocenters. The van der Waals surface area contributed by atoms with Gasteiger partial charge in [-0.15, -0.1) is 0 Å². The normalized spacial score (nSPS) is 11.3. The lowest BCUT2D eigenvalue weighted by atomic mass is 9.93. The third-order valence-electron chi connectivity index (χ3n) is 9.26. The maximum Gasteiger partial charge on any atom is 0.137 e. The molecule has 1 heterocycles. The molecule has 9 rings (SSSR count). The predicted molar refractivity (Wildman–Crippen MR) is 202 cm³/mol. The van der Waals surface area contributed by atoms with Gasteiger partial charge in [0.25, 0.3) is 0 Å². The van der Waals surface area contributed by atoms with Gasteiger partial charge in [0.2, 0.25) is 0 Å². The minimum Gasteiger partial charge on any atom is -0.456 e. The largest absolute Gasteiger partial charge is 0.456 e. The van der Waals surface area contributed by atoms with Crippen molar-refractivity contribution in [3.63, 3.8) is 0 Å². The van der Waals surface area contributed by atoms with E-state index in [0.29, 0.717) is 0 Å². The number of anilines is 3. The van der Waals surface area contributed by atoms with E-state index in [1.807, 2.05) is 12.1 Å². The van der Waals surface area contributed by atoms with Gasteiger partial charge in [0, 0.05) is 33.9 Å². The third-order valence-corrected chi connectivity index (χ3v) is 9.26. The number of para-hydroxylation sites is 1. The van der Waals surface area contributed by atoms with E-state index in [2.05, 4.69) is 181 Å². The average molecular weight is 614 g/mol. The number of hydrogen-bond acceptors (Lipinski definition) is 2. The second kappa shape index (κ2) is 11.8. The molecule has 0 spiro atoms. The third kappa shape index (κ3) is 5.01. The number of nitrogens with zero attached hydrogens (tertiary/aromatic N) is 1. The molecule has 226 valence electrons. The molecule has 0 saturated carbocycles. The summed E-state index contributed by atoms with van der Waals surface area (Å²) in [6, 6.07) is 66.9. The van der Waals surface area contributed by atoms with E-state index >= 15 is 0 Å². The van der Waals surface area contributed by atoms with Crippen LogP contribution >= 0.6 is 0 Å². The van der Waals surface area contributed by atoms with Crippen LogP contribution in [-0.4, -0.2) is 0 Å². The van der Waals surface area contributed by atoms with Crippen LogP contribution in [0.1, 0.15) is 0 Å². The summed E-state index contributed by atoms with van der Waals surface area (Å²) >= 11 is 0. The van der Waals surface area contributed by atoms with Gasteiger partial charge in [-0.05, 0) is 98.8 Å². The molecule has 0 bridgehead atoms. The monoisotopic (exact) mass is 613 g/mol. The van der Waals surface area contributed by atoms with E-state index in [-0.39, 0.29) is 0 Å². The first-order chi connectivity index (χ1) is 23.8. The summed E-state index contributed by atoms with van der Waals surface area (Å²) in [6.07, 6.45) is 0. The molecule has 0 amide bonds. The fraction of sp³-hybridized carbons (Fsp3) is 0. The highest BCUT2D eigenvalue weighted by molar-refractivity contribution is 6.06. The number of benzene rings is 8. The molecule has 0 saturated heterocycles. The first-order valence-corrected chi connectivity index (χ1v) is 16.3. The summed E-state index contributed by atoms with van der Waals surface area (Å²) in [5.41, 5.74) is 12.2. The Labute approximate surface area is 279 Å². The van der Waals surface area contributed by atoms with Gasteiger partial charge in [-0.2, -0.15) is 0 Å². The van der Waals surface area contributed by atoms with E-state index < -0.39 is 0 Å². The van der Waals surface area contributed by atoms with Crippen molar-refractivity contribution in [1.82, 2.24) is 0 Å². The average Bonchev–Trinajstić information content (AvgIpc) is 3.54. The Bertz CT molecular complexity index is 2530. The van der Waals surface area contributed by atoms with Gasteiger partial charge < -0.3 is 9.32 Å². The molecule has 0 aliphatic rings. The topological polar surface area (TPSA) is 16.4 Å². The Morgan fingerprint density at radius 2 is 0.833 bits per heavy atom. The van der Waals surface area contributed by atoms with Crippen LogP contribution in [-0.2, 0) is 0 Å². The Kier molecular flexibility index (Phi) is 6.84. The molecule has 0 aliphatic heterocycles. The van der Waals surface area contributed by atoms with Crippen molar-refractivity contribution in [2.45, 2.75) is 0 Å². The zero-order valence-corrected chi connectivity index (χ0v) is 26.3. The number of rotatable bonds is 6. The van der Waals surface area contributed by atoms with Crippen LogP contribution in [0.25, 0.3) is 66.1 Å². The highest BCUT2D eigenvalue weighted by Crippen LogP contribution is 2.41. The Balaban J connectivity index is 1.16. The molecule has 1 aromatic heterocycles. The van der Waals surface area contributed by atoms with Gasteiger partial charge in [-0.3, -0.25) is 0 Å². The van der Waals surface area contributed by atoms with E-state index in [9.17, 15) is 0 Å². The summed E-state index contributed by atoms with van der Waals surface area (Å²) in [5, 5.41) is 4.73. The summed E-state index contributed by atoms with van der Waals surface area (Å²) in [7, 11) is 0. The minimum atomic E-state index is 0.875. The van der Waals surface area contributed by atoms with E-state index in [4.69, 9.17) is 4.42 Å². The lowest BCUT2D eigenvalue weighted by Crippen LogP contribution is -2.09. The van der Waals surface area contributed by atoms with Crippen molar-refractivity contribution in [3.05, 3.63) is 188 Å². The van der Waals surface area contributed by atoms with Crippen LogP contribution in [0.15, 0.2) is 192 Å². The van der Waals surface area contributed by atoms with Crippen LogP contribution in [0.2, 0.25) is 0 Å². The van der Waals surface area contributed by atoms with Crippen LogP contribution < -0.4 is 4.90 Å². The van der Waals surface area contributed by atoms with Crippen molar-refractivity contribution in [3.8, 4) is 33.4 Å². The number of fused-ring (bicyclic) bond motifs is 4. The number of furan rings is 1. The summed E-state index contributed by atoms with van der Waals surface area (Å²) in [4.78, 5) is 2.31. The van der Waals surface area contributed by atoms with Gasteiger partial charge in [0.15, 0.2) is 0 Å². The minimum absolute atomic E-state index is 0.875. The second-order valence-electron chi connectivity index (χ2n) is 12.2. The van der Waals surface area contributed by atoms with Gasteiger partial charge >= 0.3 is 0 Å². The van der Waals surface area contributed by atoms with Crippen molar-refractivity contribution in [1.29, 1.82) is 0 Å². The molecular formula is C46H31NO. The molecule has 0 atom stereocenters. The van der Waals surface area contributed by atoms with Crippen LogP contribution in [0.5, 0.6) is 0 Å². The van der Waals surface area contributed by atoms with Crippen LogP contribution in [0.4, 0.5) is 17.1 Å². The zero-order valence-electron chi connectivity index (χ0n) is 26.3. The number of hydrogen-bond donors (Lipinski definition) is 0. The molecule has 0 fully saturated rings. The summed E-state index contributed by atoms with van der Waals surface area (Å²) in [5.74, 6) is 0. The Morgan fingerprint density at radius 1 is 0.312 bits per heavy atom. The van der Waals surface area contributed by atoms with Crippen LogP contribution in [0.3, 0.4) is 0 Å². The van der Waals surface area contributed by atoms with Crippen molar-refractivity contribution < 1.29 is 4.42 Å². The van der Waals surface area contributed by atoms with Gasteiger partial charge in [-0.1, -0.05) is 127 Å². The van der Waals surface area contributed by atoms with E-state index in [0.717, 1.165) is 39.0 Å². The Morgan fingerprint density at radius 3 is 1.54 bits per heavy atom. The fourth-order valence-corrected chi connectivity index (χ4v) is 6.87. The van der Waals surface area contributed by atoms with Crippen molar-refractivity contribution in [2.24, 2.45) is 0 Å². The molecule has 0 aliphatic carbocycles. The zero-order chi connectivity index (χ0) is 31.9. The lowest BCUT2D eigenvalue weighted by molar-refractivity contribution is 0.669. The fourth-order valence-electron chi connectivity index (χ4n) is 6.87.